The second-order valence-electron chi connectivity index (χ2n) is 4.05. The number of halogens is 1. The van der Waals surface area contributed by atoms with E-state index in [0.29, 0.717) is 17.7 Å². The first-order valence-electron chi connectivity index (χ1n) is 6.12. The van der Waals surface area contributed by atoms with Crippen molar-refractivity contribution in [3.8, 4) is 6.07 Å². The van der Waals surface area contributed by atoms with Crippen molar-refractivity contribution in [1.29, 1.82) is 5.26 Å². The van der Waals surface area contributed by atoms with Gasteiger partial charge in [0.2, 0.25) is 0 Å². The topological polar surface area (TPSA) is 52.9 Å². The summed E-state index contributed by atoms with van der Waals surface area (Å²) < 4.78 is 0. The molecule has 0 aliphatic carbocycles. The molecule has 4 heteroatoms. The second kappa shape index (κ2) is 8.71. The highest BCUT2D eigenvalue weighted by Gasteiger charge is 2.03. The molecule has 1 N–H and O–H groups in total. The van der Waals surface area contributed by atoms with Gasteiger partial charge in [0.1, 0.15) is 0 Å². The van der Waals surface area contributed by atoms with Crippen LogP contribution in [0.2, 0.25) is 0 Å². The van der Waals surface area contributed by atoms with Crippen LogP contribution in [0.15, 0.2) is 24.3 Å². The minimum absolute atomic E-state index is 0.0695. The number of alkyl halides is 1. The number of hydrogen-bond donors (Lipinski definition) is 1. The van der Waals surface area contributed by atoms with Gasteiger partial charge in [0, 0.05) is 17.4 Å². The number of carbonyl (C=O) groups excluding carboxylic acids is 1. The molecule has 0 unspecified atom stereocenters. The summed E-state index contributed by atoms with van der Waals surface area (Å²) >= 11 is 3.39. The van der Waals surface area contributed by atoms with E-state index in [2.05, 4.69) is 21.2 Å². The lowest BCUT2D eigenvalue weighted by atomic mass is 10.1. The van der Waals surface area contributed by atoms with Gasteiger partial charge in [-0.3, -0.25) is 4.79 Å². The first-order chi connectivity index (χ1) is 8.77. The van der Waals surface area contributed by atoms with Crippen LogP contribution in [0.1, 0.15) is 41.6 Å². The smallest absolute Gasteiger partial charge is 0.251 e. The van der Waals surface area contributed by atoms with Crippen LogP contribution >= 0.6 is 15.9 Å². The third-order valence-corrected chi connectivity index (χ3v) is 3.18. The Morgan fingerprint density at radius 2 is 1.83 bits per heavy atom. The van der Waals surface area contributed by atoms with Gasteiger partial charge in [-0.2, -0.15) is 5.26 Å². The highest BCUT2D eigenvalue weighted by atomic mass is 79.9. The summed E-state index contributed by atoms with van der Waals surface area (Å²) in [6.45, 7) is 0.709. The lowest BCUT2D eigenvalue weighted by Crippen LogP contribution is -2.24. The van der Waals surface area contributed by atoms with Crippen LogP contribution in [0, 0.1) is 11.3 Å². The summed E-state index contributed by atoms with van der Waals surface area (Å²) in [4.78, 5) is 11.7. The van der Waals surface area contributed by atoms with E-state index < -0.39 is 0 Å². The molecule has 0 aromatic heterocycles. The average Bonchev–Trinajstić information content (AvgIpc) is 2.42. The average molecular weight is 309 g/mol. The van der Waals surface area contributed by atoms with E-state index in [1.807, 2.05) is 6.07 Å². The van der Waals surface area contributed by atoms with E-state index in [4.69, 9.17) is 5.26 Å². The summed E-state index contributed by atoms with van der Waals surface area (Å²) in [6.07, 6.45) is 4.52. The first-order valence-corrected chi connectivity index (χ1v) is 7.24. The number of rotatable bonds is 7. The van der Waals surface area contributed by atoms with Crippen LogP contribution in [0.3, 0.4) is 0 Å². The third kappa shape index (κ3) is 5.33. The Bertz CT molecular complexity index is 409. The van der Waals surface area contributed by atoms with E-state index in [9.17, 15) is 4.79 Å². The highest BCUT2D eigenvalue weighted by Crippen LogP contribution is 2.04. The quantitative estimate of drug-likeness (QED) is 0.621. The SMILES string of the molecule is N#Cc1ccc(C(=O)NCCCCCCBr)cc1. The van der Waals surface area contributed by atoms with Crippen molar-refractivity contribution in [3.63, 3.8) is 0 Å². The molecule has 0 radical (unpaired) electrons. The molecule has 0 fully saturated rings. The van der Waals surface area contributed by atoms with Gasteiger partial charge in [-0.15, -0.1) is 0 Å². The van der Waals surface area contributed by atoms with Gasteiger partial charge in [0.05, 0.1) is 11.6 Å². The zero-order chi connectivity index (χ0) is 13.2. The monoisotopic (exact) mass is 308 g/mol. The molecule has 0 saturated heterocycles. The molecule has 1 amide bonds. The van der Waals surface area contributed by atoms with E-state index in [1.165, 1.54) is 12.8 Å². The highest BCUT2D eigenvalue weighted by molar-refractivity contribution is 9.09. The molecule has 1 aromatic rings. The number of nitrogens with one attached hydrogen (secondary N) is 1. The fraction of sp³-hybridized carbons (Fsp3) is 0.429. The number of nitrogens with zero attached hydrogens (tertiary/aromatic N) is 1. The van der Waals surface area contributed by atoms with E-state index >= 15 is 0 Å². The zero-order valence-electron chi connectivity index (χ0n) is 10.3. The molecule has 0 atom stereocenters. The van der Waals surface area contributed by atoms with Crippen molar-refractivity contribution in [2.45, 2.75) is 25.7 Å². The van der Waals surface area contributed by atoms with E-state index in [-0.39, 0.29) is 5.91 Å². The molecule has 1 rings (SSSR count). The summed E-state index contributed by atoms with van der Waals surface area (Å²) in [5.41, 5.74) is 1.18. The summed E-state index contributed by atoms with van der Waals surface area (Å²) in [5.74, 6) is -0.0695. The molecule has 0 bridgehead atoms. The summed E-state index contributed by atoms with van der Waals surface area (Å²) in [7, 11) is 0. The Hall–Kier alpha value is -1.34. The maximum Gasteiger partial charge on any atom is 0.251 e. The van der Waals surface area contributed by atoms with Gasteiger partial charge in [-0.1, -0.05) is 28.8 Å². The lowest BCUT2D eigenvalue weighted by Gasteiger charge is -2.05. The Morgan fingerprint density at radius 1 is 1.17 bits per heavy atom. The van der Waals surface area contributed by atoms with Gasteiger partial charge >= 0.3 is 0 Å². The van der Waals surface area contributed by atoms with Crippen molar-refractivity contribution in [1.82, 2.24) is 5.32 Å². The van der Waals surface area contributed by atoms with Crippen molar-refractivity contribution in [2.24, 2.45) is 0 Å². The van der Waals surface area contributed by atoms with Crippen LogP contribution in [0.5, 0.6) is 0 Å². The molecule has 0 aliphatic rings. The predicted molar refractivity (Wildman–Crippen MR) is 75.8 cm³/mol. The number of carbonyl (C=O) groups is 1. The third-order valence-electron chi connectivity index (χ3n) is 2.62. The van der Waals surface area contributed by atoms with Gasteiger partial charge in [0.15, 0.2) is 0 Å². The molecule has 0 heterocycles. The van der Waals surface area contributed by atoms with Crippen LogP contribution < -0.4 is 5.32 Å². The number of benzene rings is 1. The number of hydrogen-bond acceptors (Lipinski definition) is 2. The molecule has 0 aliphatic heterocycles. The van der Waals surface area contributed by atoms with Gasteiger partial charge < -0.3 is 5.32 Å². The Balaban J connectivity index is 2.26. The number of amides is 1. The van der Waals surface area contributed by atoms with Gasteiger partial charge in [-0.25, -0.2) is 0 Å². The number of nitriles is 1. The van der Waals surface area contributed by atoms with Crippen LogP contribution in [0.25, 0.3) is 0 Å². The fourth-order valence-corrected chi connectivity index (χ4v) is 1.97. The Labute approximate surface area is 116 Å². The molecule has 3 nitrogen and oxygen atoms in total. The maximum atomic E-state index is 11.7. The molecule has 18 heavy (non-hydrogen) atoms. The van der Waals surface area contributed by atoms with Crippen LogP contribution in [-0.4, -0.2) is 17.8 Å². The molecule has 0 saturated carbocycles. The fourth-order valence-electron chi connectivity index (χ4n) is 1.57. The predicted octanol–water partition coefficient (Wildman–Crippen LogP) is 3.24. The minimum atomic E-state index is -0.0695. The van der Waals surface area contributed by atoms with Gasteiger partial charge in [0.25, 0.3) is 5.91 Å². The van der Waals surface area contributed by atoms with E-state index in [1.54, 1.807) is 24.3 Å². The van der Waals surface area contributed by atoms with E-state index in [0.717, 1.165) is 18.2 Å². The largest absolute Gasteiger partial charge is 0.352 e. The maximum absolute atomic E-state index is 11.7. The summed E-state index contributed by atoms with van der Waals surface area (Å²) in [5, 5.41) is 12.6. The van der Waals surface area contributed by atoms with Crippen LogP contribution in [0.4, 0.5) is 0 Å². The molecule has 0 spiro atoms. The minimum Gasteiger partial charge on any atom is -0.352 e. The Kier molecular flexibility index (Phi) is 7.12. The van der Waals surface area contributed by atoms with Crippen molar-refractivity contribution < 1.29 is 4.79 Å². The van der Waals surface area contributed by atoms with Crippen LogP contribution in [-0.2, 0) is 0 Å². The van der Waals surface area contributed by atoms with Crippen molar-refractivity contribution >= 4 is 21.8 Å². The summed E-state index contributed by atoms with van der Waals surface area (Å²) in [6, 6.07) is 8.70. The van der Waals surface area contributed by atoms with Crippen molar-refractivity contribution in [3.05, 3.63) is 35.4 Å². The molecular weight excluding hydrogens is 292 g/mol. The zero-order valence-corrected chi connectivity index (χ0v) is 11.9. The number of unbranched alkanes of at least 4 members (excludes halogenated alkanes) is 3. The van der Waals surface area contributed by atoms with Gasteiger partial charge in [-0.05, 0) is 37.1 Å². The molecular formula is C14H17BrN2O. The normalized spacial score (nSPS) is 9.78. The lowest BCUT2D eigenvalue weighted by molar-refractivity contribution is 0.0953. The Morgan fingerprint density at radius 3 is 2.44 bits per heavy atom. The molecule has 96 valence electrons. The van der Waals surface area contributed by atoms with Crippen molar-refractivity contribution in [2.75, 3.05) is 11.9 Å². The first kappa shape index (κ1) is 14.7. The standard InChI is InChI=1S/C14H17BrN2O/c15-9-3-1-2-4-10-17-14(18)13-7-5-12(11-16)6-8-13/h5-8H,1-4,9-10H2,(H,17,18). The molecule has 1 aromatic carbocycles. The second-order valence-corrected chi connectivity index (χ2v) is 4.84.